The number of carbonyl (C=O) groups excluding carboxylic acids is 6. The van der Waals surface area contributed by atoms with Gasteiger partial charge in [0.15, 0.2) is 0 Å². The molecule has 25 heteroatoms. The summed E-state index contributed by atoms with van der Waals surface area (Å²) in [4.78, 5) is 88.9. The van der Waals surface area contributed by atoms with Crippen molar-refractivity contribution in [1.82, 2.24) is 0 Å². The molecule has 0 aromatic rings. The zero-order valence-corrected chi connectivity index (χ0v) is 63.7. The standard InChI is InChI=1S/C15H26O5.C14H25NO5.C11H20O2.C10H18O2.C9H17NO2.C5H9ClO2.ClH.I3/c1-4-15(9-7-6-8-10-15)11-13(16)19-12(3)20-14(17)18-5-2;1-3-18-13(17)20-11(2)19-12(16)9-14(10-15)7-5-4-6-8-14;1-3-11(9-10(12)13-2)7-5-4-6-8-11;1-2-10(8-9(11)12)6-4-3-5-7-10;10-7-9(6-8(11)12)4-2-1-3-5-9;1-3-8-5(7)4(2)6;;1-3-2/h12H,4-11H2,1-3H3;11H,3-10,15H2,1-2H3;3-9H2,1-2H3;2-8H2,1H3,(H,11,12);1-7,10H2,(H,11,12);4H,3H2,1-2H3;1H;/q;;;;;;;-1. The Hall–Kier alpha value is -1.95. The molecule has 526 valence electrons. The van der Waals surface area contributed by atoms with Crippen molar-refractivity contribution in [3.05, 3.63) is 0 Å². The van der Waals surface area contributed by atoms with Crippen molar-refractivity contribution in [3.8, 4) is 0 Å². The summed E-state index contributed by atoms with van der Waals surface area (Å²) in [5.74, 6) is -2.36. The first-order valence-corrected chi connectivity index (χ1v) is 45.5. The SMILES string of the molecule is CCC1(CC(=O)O)CCCCC1.CCC1(CC(=O)OC)CCCCC1.CCOC(=O)C(C)Cl.CCOC(=O)OC(C)OC(=O)CC1(CC)CCCCC1.CCOC(=O)OC(C)OC(=O)CC1(C[NH3+])CCCCC1.I[I-]I.NCC1(CC(=O)O)CCCCC1.[Cl-]. The second kappa shape index (κ2) is 53.3. The molecule has 20 nitrogen and oxygen atoms in total. The molecule has 0 bridgehead atoms. The molecule has 5 fully saturated rings. The van der Waals surface area contributed by atoms with Crippen LogP contribution in [0, 0.1) is 27.1 Å². The summed E-state index contributed by atoms with van der Waals surface area (Å²) in [6.07, 6.45) is 30.7. The maximum atomic E-state index is 12.0. The maximum absolute atomic E-state index is 12.0. The Morgan fingerprint density at radius 2 is 0.742 bits per heavy atom. The molecular formula is C64H116Cl2I3N2O18-. The number of aliphatic carboxylic acids is 2. The van der Waals surface area contributed by atoms with Gasteiger partial charge >= 0.3 is 98.6 Å². The first-order valence-electron chi connectivity index (χ1n) is 32.4. The van der Waals surface area contributed by atoms with Gasteiger partial charge in [0.25, 0.3) is 0 Å². The number of quaternary nitrogens is 1. The number of halogens is 5. The average molecular weight is 1650 g/mol. The fourth-order valence-corrected chi connectivity index (χ4v) is 12.5. The van der Waals surface area contributed by atoms with Gasteiger partial charge in [-0.05, 0) is 139 Å². The second-order valence-corrected chi connectivity index (χ2v) is 41.1. The van der Waals surface area contributed by atoms with E-state index in [0.29, 0.717) is 52.1 Å². The van der Waals surface area contributed by atoms with E-state index in [1.165, 1.54) is 104 Å². The van der Waals surface area contributed by atoms with Gasteiger partial charge in [0.1, 0.15) is 5.38 Å². The third kappa shape index (κ3) is 42.9. The van der Waals surface area contributed by atoms with E-state index in [9.17, 15) is 38.4 Å². The van der Waals surface area contributed by atoms with Crippen molar-refractivity contribution in [2.75, 3.05) is 40.0 Å². The summed E-state index contributed by atoms with van der Waals surface area (Å²) in [5, 5.41) is 16.9. The van der Waals surface area contributed by atoms with Gasteiger partial charge in [-0.1, -0.05) is 117 Å². The molecule has 5 saturated carbocycles. The van der Waals surface area contributed by atoms with E-state index < -0.39 is 42.2 Å². The van der Waals surface area contributed by atoms with E-state index in [0.717, 1.165) is 103 Å². The summed E-state index contributed by atoms with van der Waals surface area (Å²) in [6.45, 7) is 18.3. The average Bonchev–Trinajstić information content (AvgIpc) is 3.66. The van der Waals surface area contributed by atoms with Crippen LogP contribution >= 0.6 is 48.8 Å². The number of alkyl halides is 1. The minimum atomic E-state index is -0.924. The fourth-order valence-electron chi connectivity index (χ4n) is 12.4. The van der Waals surface area contributed by atoms with Crippen LogP contribution in [0.3, 0.4) is 0 Å². The van der Waals surface area contributed by atoms with E-state index in [1.807, 2.05) is 0 Å². The van der Waals surface area contributed by atoms with Crippen molar-refractivity contribution in [2.24, 2.45) is 32.8 Å². The van der Waals surface area contributed by atoms with Gasteiger partial charge < -0.3 is 72.0 Å². The van der Waals surface area contributed by atoms with Gasteiger partial charge in [-0.25, -0.2) is 9.59 Å². The molecule has 0 radical (unpaired) electrons. The van der Waals surface area contributed by atoms with Gasteiger partial charge in [-0.3, -0.25) is 28.8 Å². The summed E-state index contributed by atoms with van der Waals surface area (Å²) < 4.78 is 38.4. The molecule has 0 saturated heterocycles. The quantitative estimate of drug-likeness (QED) is 0.0243. The topological polar surface area (TPSA) is 305 Å². The molecule has 0 aromatic heterocycles. The molecule has 5 aliphatic rings. The van der Waals surface area contributed by atoms with Crippen molar-refractivity contribution in [1.29, 1.82) is 0 Å². The van der Waals surface area contributed by atoms with Gasteiger partial charge in [0.2, 0.25) is 12.6 Å². The monoisotopic (exact) mass is 1650 g/mol. The Bertz CT molecular complexity index is 1830. The predicted molar refractivity (Wildman–Crippen MR) is 353 cm³/mol. The molecule has 0 aliphatic heterocycles. The molecule has 0 aromatic carbocycles. The molecule has 3 atom stereocenters. The molecule has 0 heterocycles. The predicted octanol–water partition coefficient (Wildman–Crippen LogP) is 9.49. The second-order valence-electron chi connectivity index (χ2n) is 24.2. The zero-order chi connectivity index (χ0) is 67.1. The first-order chi connectivity index (χ1) is 41.7. The van der Waals surface area contributed by atoms with Crippen LogP contribution in [0.2, 0.25) is 0 Å². The smallest absolute Gasteiger partial charge is 0.303 e. The minimum absolute atomic E-state index is 0. The Balaban J connectivity index is -0.00000101. The number of hydrogen-bond donors (Lipinski definition) is 4. The summed E-state index contributed by atoms with van der Waals surface area (Å²) in [7, 11) is 1.48. The number of methoxy groups -OCH3 is 1. The van der Waals surface area contributed by atoms with Crippen LogP contribution in [0.1, 0.15) is 274 Å². The van der Waals surface area contributed by atoms with Crippen LogP contribution in [-0.4, -0.2) is 116 Å². The van der Waals surface area contributed by atoms with Crippen molar-refractivity contribution < 1.29 is 118 Å². The van der Waals surface area contributed by atoms with Crippen molar-refractivity contribution >= 4 is 97.0 Å². The molecule has 0 spiro atoms. The Kier molecular flexibility index (Phi) is 54.7. The molecule has 89 heavy (non-hydrogen) atoms. The van der Waals surface area contributed by atoms with E-state index in [2.05, 4.69) is 77.9 Å². The largest absolute Gasteiger partial charge is 1.00 e. The Morgan fingerprint density at radius 3 is 0.989 bits per heavy atom. The van der Waals surface area contributed by atoms with Crippen molar-refractivity contribution in [3.63, 3.8) is 0 Å². The minimum Gasteiger partial charge on any atom is -1.00 e. The third-order valence-corrected chi connectivity index (χ3v) is 18.1. The number of carboxylic acid groups (broad SMARTS) is 2. The van der Waals surface area contributed by atoms with Gasteiger partial charge in [0.05, 0.1) is 65.6 Å². The van der Waals surface area contributed by atoms with Gasteiger partial charge in [-0.2, -0.15) is 0 Å². The van der Waals surface area contributed by atoms with Gasteiger partial charge in [0, 0.05) is 19.3 Å². The van der Waals surface area contributed by atoms with Crippen LogP contribution < -0.4 is 37.1 Å². The summed E-state index contributed by atoms with van der Waals surface area (Å²) in [5.41, 5.74) is 9.96. The normalized spacial score (nSPS) is 19.0. The molecule has 3 unspecified atom stereocenters. The number of esters is 4. The van der Waals surface area contributed by atoms with E-state index in [-0.39, 0.29) is 83.0 Å². The van der Waals surface area contributed by atoms with Crippen LogP contribution in [0.5, 0.6) is 0 Å². The molecule has 5 aliphatic carbocycles. The third-order valence-electron chi connectivity index (χ3n) is 17.9. The van der Waals surface area contributed by atoms with E-state index >= 15 is 0 Å². The number of nitrogens with two attached hydrogens (primary N) is 1. The fraction of sp³-hybridized carbons (Fsp3) is 0.875. The number of carbonyl (C=O) groups is 8. The molecular weight excluding hydrogens is 1540 g/mol. The zero-order valence-electron chi connectivity index (χ0n) is 55.7. The number of ether oxygens (including phenoxy) is 8. The van der Waals surface area contributed by atoms with E-state index in [4.69, 9.17) is 51.2 Å². The molecule has 5 rings (SSSR count). The molecule has 7 N–H and O–H groups in total. The van der Waals surface area contributed by atoms with Crippen LogP contribution in [0.15, 0.2) is 0 Å². The first kappa shape index (κ1) is 91.2. The Labute approximate surface area is 575 Å². The maximum Gasteiger partial charge on any atom is 0.303 e. The molecule has 0 amide bonds. The number of carboxylic acids is 2. The summed E-state index contributed by atoms with van der Waals surface area (Å²) >= 11 is 10.6. The number of rotatable bonds is 23. The summed E-state index contributed by atoms with van der Waals surface area (Å²) in [6, 6.07) is 0. The van der Waals surface area contributed by atoms with Crippen LogP contribution in [0.4, 0.5) is 9.59 Å². The Morgan fingerprint density at radius 1 is 0.472 bits per heavy atom. The van der Waals surface area contributed by atoms with Crippen molar-refractivity contribution in [2.45, 2.75) is 292 Å². The number of hydrogen-bond acceptors (Lipinski definition) is 17. The van der Waals surface area contributed by atoms with Gasteiger partial charge in [-0.15, -0.1) is 11.6 Å². The van der Waals surface area contributed by atoms with E-state index in [1.54, 1.807) is 27.7 Å². The van der Waals surface area contributed by atoms with Crippen LogP contribution in [-0.2, 0) is 66.7 Å². The van der Waals surface area contributed by atoms with Crippen LogP contribution in [0.25, 0.3) is 0 Å².